The first kappa shape index (κ1) is 20.7. The summed E-state index contributed by atoms with van der Waals surface area (Å²) in [6.45, 7) is 7.29. The van der Waals surface area contributed by atoms with Crippen molar-refractivity contribution in [1.29, 1.82) is 0 Å². The number of rotatable bonds is 10. The monoisotopic (exact) mass is 360 g/mol. The maximum Gasteiger partial charge on any atom is -0.0238 e. The second kappa shape index (κ2) is 9.97. The molecule has 0 heteroatoms. The molecule has 0 aromatic carbocycles. The summed E-state index contributed by atoms with van der Waals surface area (Å²) in [5, 5.41) is 0. The van der Waals surface area contributed by atoms with Crippen molar-refractivity contribution in [2.24, 2.45) is 35.0 Å². The van der Waals surface area contributed by atoms with Crippen molar-refractivity contribution in [3.05, 3.63) is 0 Å². The Labute approximate surface area is 165 Å². The van der Waals surface area contributed by atoms with Gasteiger partial charge in [-0.15, -0.1) is 0 Å². The van der Waals surface area contributed by atoms with Crippen LogP contribution in [0.2, 0.25) is 0 Å². The van der Waals surface area contributed by atoms with Crippen molar-refractivity contribution in [1.82, 2.24) is 0 Å². The summed E-state index contributed by atoms with van der Waals surface area (Å²) in [5.41, 5.74) is 0.727. The summed E-state index contributed by atoms with van der Waals surface area (Å²) in [6.07, 6.45) is 25.9. The molecule has 0 aromatic rings. The topological polar surface area (TPSA) is 0 Å². The van der Waals surface area contributed by atoms with Gasteiger partial charge in [-0.25, -0.2) is 0 Å². The molecule has 0 radical (unpaired) electrons. The lowest BCUT2D eigenvalue weighted by atomic mass is 9.56. The van der Waals surface area contributed by atoms with Gasteiger partial charge < -0.3 is 0 Å². The maximum atomic E-state index is 2.43. The standard InChI is InChI=1S/C26H48/c1-4-7-18-26(19-8-5-2,22-14-9-10-15-22)25-20-21(13-6-3)23-16-11-12-17-24(23)25/h21-25H,4-20H2,1-3H3. The van der Waals surface area contributed by atoms with Crippen LogP contribution in [0.1, 0.15) is 130 Å². The smallest absolute Gasteiger partial charge is 0.0238 e. The molecule has 4 atom stereocenters. The van der Waals surface area contributed by atoms with E-state index in [4.69, 9.17) is 0 Å². The van der Waals surface area contributed by atoms with Gasteiger partial charge in [-0.05, 0) is 80.0 Å². The van der Waals surface area contributed by atoms with Crippen molar-refractivity contribution in [3.63, 3.8) is 0 Å². The summed E-state index contributed by atoms with van der Waals surface area (Å²) in [7, 11) is 0. The van der Waals surface area contributed by atoms with E-state index in [-0.39, 0.29) is 0 Å². The van der Waals surface area contributed by atoms with Crippen LogP contribution < -0.4 is 0 Å². The van der Waals surface area contributed by atoms with E-state index < -0.39 is 0 Å². The number of unbranched alkanes of at least 4 members (excludes halogenated alkanes) is 2. The van der Waals surface area contributed by atoms with Gasteiger partial charge in [-0.3, -0.25) is 0 Å². The maximum absolute atomic E-state index is 2.43. The molecule has 3 aliphatic rings. The molecule has 4 unspecified atom stereocenters. The average molecular weight is 361 g/mol. The second-order valence-corrected chi connectivity index (χ2v) is 10.4. The number of hydrogen-bond acceptors (Lipinski definition) is 0. The van der Waals surface area contributed by atoms with E-state index in [2.05, 4.69) is 20.8 Å². The highest BCUT2D eigenvalue weighted by molar-refractivity contribution is 5.03. The fourth-order valence-corrected chi connectivity index (χ4v) is 8.03. The van der Waals surface area contributed by atoms with Crippen LogP contribution in [0.25, 0.3) is 0 Å². The van der Waals surface area contributed by atoms with E-state index in [1.54, 1.807) is 51.4 Å². The fourth-order valence-electron chi connectivity index (χ4n) is 8.03. The lowest BCUT2D eigenvalue weighted by Gasteiger charge is -2.49. The molecule has 0 bridgehead atoms. The van der Waals surface area contributed by atoms with Crippen LogP contribution in [0.3, 0.4) is 0 Å². The summed E-state index contributed by atoms with van der Waals surface area (Å²) >= 11 is 0. The molecular weight excluding hydrogens is 312 g/mol. The van der Waals surface area contributed by atoms with Crippen molar-refractivity contribution in [2.45, 2.75) is 130 Å². The first-order valence-corrected chi connectivity index (χ1v) is 12.8. The highest BCUT2D eigenvalue weighted by Crippen LogP contribution is 2.63. The molecule has 0 amide bonds. The fraction of sp³-hybridized carbons (Fsp3) is 1.00. The van der Waals surface area contributed by atoms with E-state index in [1.807, 2.05) is 0 Å². The van der Waals surface area contributed by atoms with Gasteiger partial charge in [-0.1, -0.05) is 85.0 Å². The van der Waals surface area contributed by atoms with E-state index >= 15 is 0 Å². The zero-order valence-corrected chi connectivity index (χ0v) is 18.4. The lowest BCUT2D eigenvalue weighted by molar-refractivity contribution is 0.00639. The Kier molecular flexibility index (Phi) is 7.95. The Balaban J connectivity index is 1.89. The lowest BCUT2D eigenvalue weighted by Crippen LogP contribution is -2.40. The normalized spacial score (nSPS) is 32.9. The molecule has 0 spiro atoms. The molecule has 0 aliphatic heterocycles. The van der Waals surface area contributed by atoms with Crippen LogP contribution in [0.5, 0.6) is 0 Å². The Morgan fingerprint density at radius 3 is 1.85 bits per heavy atom. The van der Waals surface area contributed by atoms with Gasteiger partial charge in [0.1, 0.15) is 0 Å². The second-order valence-electron chi connectivity index (χ2n) is 10.4. The summed E-state index contributed by atoms with van der Waals surface area (Å²) in [6, 6.07) is 0. The molecule has 0 saturated heterocycles. The van der Waals surface area contributed by atoms with Crippen LogP contribution in [-0.4, -0.2) is 0 Å². The SMILES string of the molecule is CCCCC(CCCC)(C1CCCC1)C1CC(CCC)C2CCCCC21. The van der Waals surface area contributed by atoms with Crippen LogP contribution in [0.15, 0.2) is 0 Å². The minimum absolute atomic E-state index is 0.727. The van der Waals surface area contributed by atoms with E-state index in [0.717, 1.165) is 35.0 Å². The van der Waals surface area contributed by atoms with E-state index in [0.29, 0.717) is 0 Å². The predicted molar refractivity (Wildman–Crippen MR) is 115 cm³/mol. The van der Waals surface area contributed by atoms with Crippen molar-refractivity contribution in [2.75, 3.05) is 0 Å². The molecule has 3 fully saturated rings. The largest absolute Gasteiger partial charge is 0.0654 e. The summed E-state index contributed by atoms with van der Waals surface area (Å²) in [4.78, 5) is 0. The van der Waals surface area contributed by atoms with Crippen molar-refractivity contribution in [3.8, 4) is 0 Å². The molecule has 0 heterocycles. The highest BCUT2D eigenvalue weighted by atomic mass is 14.6. The van der Waals surface area contributed by atoms with Gasteiger partial charge in [0.25, 0.3) is 0 Å². The minimum Gasteiger partial charge on any atom is -0.0654 e. The minimum atomic E-state index is 0.727. The molecular formula is C26H48. The third-order valence-corrected chi connectivity index (χ3v) is 9.11. The predicted octanol–water partition coefficient (Wildman–Crippen LogP) is 8.79. The van der Waals surface area contributed by atoms with Gasteiger partial charge in [0, 0.05) is 0 Å². The molecule has 0 N–H and O–H groups in total. The molecule has 26 heavy (non-hydrogen) atoms. The molecule has 0 nitrogen and oxygen atoms in total. The number of fused-ring (bicyclic) bond motifs is 1. The average Bonchev–Trinajstić information content (AvgIpc) is 3.32. The van der Waals surface area contributed by atoms with E-state index in [1.165, 1.54) is 57.8 Å². The van der Waals surface area contributed by atoms with Crippen LogP contribution in [0.4, 0.5) is 0 Å². The Bertz CT molecular complexity index is 383. The van der Waals surface area contributed by atoms with Gasteiger partial charge >= 0.3 is 0 Å². The molecule has 3 saturated carbocycles. The third-order valence-electron chi connectivity index (χ3n) is 9.11. The molecule has 152 valence electrons. The zero-order chi connectivity index (χ0) is 18.4. The highest BCUT2D eigenvalue weighted by Gasteiger charge is 2.54. The van der Waals surface area contributed by atoms with Gasteiger partial charge in [0.2, 0.25) is 0 Å². The van der Waals surface area contributed by atoms with Gasteiger partial charge in [-0.2, -0.15) is 0 Å². The molecule has 3 aliphatic carbocycles. The van der Waals surface area contributed by atoms with Crippen LogP contribution in [0, 0.1) is 35.0 Å². The Hall–Kier alpha value is 0. The Morgan fingerprint density at radius 2 is 1.27 bits per heavy atom. The quantitative estimate of drug-likeness (QED) is 0.365. The summed E-state index contributed by atoms with van der Waals surface area (Å²) in [5.74, 6) is 5.46. The zero-order valence-electron chi connectivity index (χ0n) is 18.4. The van der Waals surface area contributed by atoms with Crippen molar-refractivity contribution >= 4 is 0 Å². The van der Waals surface area contributed by atoms with Crippen LogP contribution >= 0.6 is 0 Å². The van der Waals surface area contributed by atoms with E-state index in [9.17, 15) is 0 Å². The first-order valence-electron chi connectivity index (χ1n) is 12.8. The van der Waals surface area contributed by atoms with Crippen LogP contribution in [-0.2, 0) is 0 Å². The molecule has 0 aromatic heterocycles. The third kappa shape index (κ3) is 4.20. The van der Waals surface area contributed by atoms with Gasteiger partial charge in [0.15, 0.2) is 0 Å². The number of hydrogen-bond donors (Lipinski definition) is 0. The molecule has 3 rings (SSSR count). The Morgan fingerprint density at radius 1 is 0.692 bits per heavy atom. The first-order chi connectivity index (χ1) is 12.8. The van der Waals surface area contributed by atoms with Gasteiger partial charge in [0.05, 0.1) is 0 Å². The van der Waals surface area contributed by atoms with Crippen molar-refractivity contribution < 1.29 is 0 Å². The summed E-state index contributed by atoms with van der Waals surface area (Å²) < 4.78 is 0.